The van der Waals surface area contributed by atoms with Gasteiger partial charge < -0.3 is 20.1 Å². The number of amides is 4. The van der Waals surface area contributed by atoms with Gasteiger partial charge in [0, 0.05) is 4.88 Å². The lowest BCUT2D eigenvalue weighted by Crippen LogP contribution is -2.44. The number of carbonyl (C=O) groups excluding carboxylic acids is 3. The number of thiophene rings is 1. The zero-order valence-electron chi connectivity index (χ0n) is 18.7. The van der Waals surface area contributed by atoms with Crippen LogP contribution in [-0.2, 0) is 15.1 Å². The highest BCUT2D eigenvalue weighted by Gasteiger charge is 2.50. The summed E-state index contributed by atoms with van der Waals surface area (Å²) in [4.78, 5) is 40.9. The third kappa shape index (κ3) is 3.88. The van der Waals surface area contributed by atoms with Gasteiger partial charge in [-0.2, -0.15) is 0 Å². The number of nitrogens with one attached hydrogen (secondary N) is 2. The lowest BCUT2D eigenvalue weighted by molar-refractivity contribution is -0.135. The summed E-state index contributed by atoms with van der Waals surface area (Å²) in [6.45, 7) is 3.33. The lowest BCUT2D eigenvalue weighted by atomic mass is 9.91. The summed E-state index contributed by atoms with van der Waals surface area (Å²) in [5.74, 6) is 0.150. The minimum Gasteiger partial charge on any atom is -0.454 e. The van der Waals surface area contributed by atoms with Crippen LogP contribution in [0.5, 0.6) is 11.5 Å². The van der Waals surface area contributed by atoms with Gasteiger partial charge in [0.2, 0.25) is 12.7 Å². The van der Waals surface area contributed by atoms with Gasteiger partial charge in [0.15, 0.2) is 11.5 Å². The Labute approximate surface area is 200 Å². The molecular weight excluding hydrogens is 454 g/mol. The number of aryl methyl sites for hydroxylation is 1. The Morgan fingerprint density at radius 3 is 2.65 bits per heavy atom. The predicted octanol–water partition coefficient (Wildman–Crippen LogP) is 3.46. The molecule has 9 heteroatoms. The highest BCUT2D eigenvalue weighted by molar-refractivity contribution is 7.10. The van der Waals surface area contributed by atoms with E-state index in [1.54, 1.807) is 25.1 Å². The molecule has 3 aromatic rings. The van der Waals surface area contributed by atoms with E-state index in [4.69, 9.17) is 9.47 Å². The average Bonchev–Trinajstić information content (AvgIpc) is 3.56. The van der Waals surface area contributed by atoms with Crippen LogP contribution in [0.3, 0.4) is 0 Å². The molecule has 2 aliphatic rings. The molecule has 1 fully saturated rings. The predicted molar refractivity (Wildman–Crippen MR) is 126 cm³/mol. The maximum atomic E-state index is 13.3. The minimum atomic E-state index is -1.32. The van der Waals surface area contributed by atoms with Crippen LogP contribution in [-0.4, -0.2) is 36.1 Å². The summed E-state index contributed by atoms with van der Waals surface area (Å²) in [5, 5.41) is 7.65. The van der Waals surface area contributed by atoms with Crippen molar-refractivity contribution in [2.24, 2.45) is 0 Å². The van der Waals surface area contributed by atoms with Crippen LogP contribution in [0, 0.1) is 6.92 Å². The van der Waals surface area contributed by atoms with Crippen molar-refractivity contribution in [1.29, 1.82) is 0 Å². The van der Waals surface area contributed by atoms with E-state index < -0.39 is 29.9 Å². The van der Waals surface area contributed by atoms with Crippen LogP contribution < -0.4 is 20.1 Å². The van der Waals surface area contributed by atoms with Crippen molar-refractivity contribution in [3.63, 3.8) is 0 Å². The third-order valence-corrected chi connectivity index (χ3v) is 7.01. The molecule has 0 spiro atoms. The molecule has 5 rings (SSSR count). The van der Waals surface area contributed by atoms with Crippen molar-refractivity contribution >= 4 is 29.2 Å². The highest BCUT2D eigenvalue weighted by atomic mass is 32.1. The van der Waals surface area contributed by atoms with Crippen LogP contribution >= 0.6 is 11.3 Å². The van der Waals surface area contributed by atoms with Crippen molar-refractivity contribution < 1.29 is 23.9 Å². The SMILES string of the molecule is Cc1ccc([C@H](NC(=O)CN2C(=O)N[C@@](C)(c3ccc4c(c3)OCO4)C2=O)c2cccs2)cc1. The molecule has 174 valence electrons. The molecule has 1 saturated heterocycles. The Kier molecular flexibility index (Phi) is 5.49. The summed E-state index contributed by atoms with van der Waals surface area (Å²) >= 11 is 1.53. The van der Waals surface area contributed by atoms with E-state index in [1.807, 2.05) is 48.7 Å². The third-order valence-electron chi connectivity index (χ3n) is 6.07. The number of imide groups is 1. The zero-order valence-corrected chi connectivity index (χ0v) is 19.5. The van der Waals surface area contributed by atoms with Crippen LogP contribution in [0.2, 0.25) is 0 Å². The quantitative estimate of drug-likeness (QED) is 0.530. The smallest absolute Gasteiger partial charge is 0.325 e. The van der Waals surface area contributed by atoms with E-state index in [-0.39, 0.29) is 12.8 Å². The summed E-state index contributed by atoms with van der Waals surface area (Å²) in [6, 6.07) is 15.8. The fraction of sp³-hybridized carbons (Fsp3) is 0.240. The molecule has 2 N–H and O–H groups in total. The van der Waals surface area contributed by atoms with E-state index in [2.05, 4.69) is 10.6 Å². The molecule has 0 aliphatic carbocycles. The molecule has 2 aromatic carbocycles. The van der Waals surface area contributed by atoms with Gasteiger partial charge in [-0.1, -0.05) is 42.0 Å². The monoisotopic (exact) mass is 477 g/mol. The van der Waals surface area contributed by atoms with Gasteiger partial charge in [-0.3, -0.25) is 14.5 Å². The first-order chi connectivity index (χ1) is 16.3. The number of nitrogens with zero attached hydrogens (tertiary/aromatic N) is 1. The van der Waals surface area contributed by atoms with Crippen molar-refractivity contribution in [1.82, 2.24) is 15.5 Å². The van der Waals surface area contributed by atoms with Crippen molar-refractivity contribution in [3.05, 3.63) is 81.5 Å². The van der Waals surface area contributed by atoms with Gasteiger partial charge >= 0.3 is 6.03 Å². The summed E-state index contributed by atoms with van der Waals surface area (Å²) in [6.07, 6.45) is 0. The molecule has 0 saturated carbocycles. The number of benzene rings is 2. The van der Waals surface area contributed by atoms with Gasteiger partial charge in [0.25, 0.3) is 5.91 Å². The van der Waals surface area contributed by atoms with Gasteiger partial charge in [-0.15, -0.1) is 11.3 Å². The molecule has 0 unspecified atom stereocenters. The van der Waals surface area contributed by atoms with Gasteiger partial charge in [0.1, 0.15) is 12.1 Å². The zero-order chi connectivity index (χ0) is 23.9. The molecule has 8 nitrogen and oxygen atoms in total. The minimum absolute atomic E-state index is 0.106. The molecule has 3 heterocycles. The number of carbonyl (C=O) groups is 3. The van der Waals surface area contributed by atoms with Gasteiger partial charge in [-0.25, -0.2) is 4.79 Å². The van der Waals surface area contributed by atoms with Crippen LogP contribution in [0.4, 0.5) is 4.79 Å². The maximum absolute atomic E-state index is 13.3. The standard InChI is InChI=1S/C25H23N3O5S/c1-15-5-7-16(8-6-15)22(20-4-3-11-34-20)26-21(29)13-28-23(30)25(2,27-24(28)31)17-9-10-18-19(12-17)33-14-32-18/h3-12,22H,13-14H2,1-2H3,(H,26,29)(H,27,31)/t22-,25-/m0/s1. The Bertz CT molecular complexity index is 1260. The first-order valence-electron chi connectivity index (χ1n) is 10.8. The Morgan fingerprint density at radius 2 is 1.91 bits per heavy atom. The lowest BCUT2D eigenvalue weighted by Gasteiger charge is -2.23. The fourth-order valence-electron chi connectivity index (χ4n) is 4.13. The number of fused-ring (bicyclic) bond motifs is 1. The topological polar surface area (TPSA) is 97.0 Å². The number of hydrogen-bond acceptors (Lipinski definition) is 6. The molecule has 2 atom stereocenters. The second-order valence-corrected chi connectivity index (χ2v) is 9.42. The second-order valence-electron chi connectivity index (χ2n) is 8.44. The number of urea groups is 1. The van der Waals surface area contributed by atoms with Crippen LogP contribution in [0.1, 0.15) is 34.5 Å². The van der Waals surface area contributed by atoms with Crippen molar-refractivity contribution in [3.8, 4) is 11.5 Å². The Hall–Kier alpha value is -3.85. The number of ether oxygens (including phenoxy) is 2. The first kappa shape index (κ1) is 22.0. The fourth-order valence-corrected chi connectivity index (χ4v) is 4.93. The molecule has 2 aliphatic heterocycles. The normalized spacial score (nSPS) is 19.8. The van der Waals surface area contributed by atoms with E-state index in [1.165, 1.54) is 11.3 Å². The van der Waals surface area contributed by atoms with Gasteiger partial charge in [-0.05, 0) is 48.6 Å². The average molecular weight is 478 g/mol. The molecule has 4 amide bonds. The molecule has 1 aromatic heterocycles. The van der Waals surface area contributed by atoms with E-state index in [0.717, 1.165) is 20.9 Å². The van der Waals surface area contributed by atoms with E-state index >= 15 is 0 Å². The molecule has 34 heavy (non-hydrogen) atoms. The summed E-state index contributed by atoms with van der Waals surface area (Å²) < 4.78 is 10.7. The van der Waals surface area contributed by atoms with E-state index in [0.29, 0.717) is 17.1 Å². The largest absolute Gasteiger partial charge is 0.454 e. The Morgan fingerprint density at radius 1 is 1.15 bits per heavy atom. The molecule has 0 radical (unpaired) electrons. The van der Waals surface area contributed by atoms with Crippen LogP contribution in [0.15, 0.2) is 60.0 Å². The number of rotatable bonds is 6. The van der Waals surface area contributed by atoms with Crippen molar-refractivity contribution in [2.75, 3.05) is 13.3 Å². The maximum Gasteiger partial charge on any atom is 0.325 e. The van der Waals surface area contributed by atoms with Gasteiger partial charge in [0.05, 0.1) is 6.04 Å². The highest BCUT2D eigenvalue weighted by Crippen LogP contribution is 2.38. The second kappa shape index (κ2) is 8.49. The molecular formula is C25H23N3O5S. The summed E-state index contributed by atoms with van der Waals surface area (Å²) in [5.41, 5.74) is 1.27. The summed E-state index contributed by atoms with van der Waals surface area (Å²) in [7, 11) is 0. The van der Waals surface area contributed by atoms with Crippen molar-refractivity contribution in [2.45, 2.75) is 25.4 Å². The Balaban J connectivity index is 1.34. The van der Waals surface area contributed by atoms with Crippen LogP contribution in [0.25, 0.3) is 0 Å². The molecule has 0 bridgehead atoms. The number of hydrogen-bond donors (Lipinski definition) is 2. The van der Waals surface area contributed by atoms with E-state index in [9.17, 15) is 14.4 Å². The first-order valence-corrected chi connectivity index (χ1v) is 11.7.